The van der Waals surface area contributed by atoms with Crippen molar-refractivity contribution in [1.82, 2.24) is 0 Å². The first-order chi connectivity index (χ1) is 13.3. The molecule has 4 heteroatoms. The van der Waals surface area contributed by atoms with Crippen LogP contribution in [0.25, 0.3) is 0 Å². The molecule has 158 valence electrons. The van der Waals surface area contributed by atoms with Gasteiger partial charge in [0.15, 0.2) is 8.32 Å². The van der Waals surface area contributed by atoms with Crippen molar-refractivity contribution in [1.29, 1.82) is 0 Å². The van der Waals surface area contributed by atoms with E-state index in [1.54, 1.807) is 7.11 Å². The lowest BCUT2D eigenvalue weighted by atomic mass is 9.88. The lowest BCUT2D eigenvalue weighted by Gasteiger charge is -2.35. The summed E-state index contributed by atoms with van der Waals surface area (Å²) in [6, 6.07) is 9.45. The Balaban J connectivity index is 1.77. The van der Waals surface area contributed by atoms with Gasteiger partial charge in [-0.3, -0.25) is 0 Å². The fourth-order valence-corrected chi connectivity index (χ4v) is 8.93. The molecule has 4 atom stereocenters. The molecule has 2 saturated carbocycles. The summed E-state index contributed by atoms with van der Waals surface area (Å²) < 4.78 is 12.7. The number of hydrogen-bond acceptors (Lipinski definition) is 2. The summed E-state index contributed by atoms with van der Waals surface area (Å²) in [6.45, 7) is 11.8. The van der Waals surface area contributed by atoms with Gasteiger partial charge >= 0.3 is 0 Å². The maximum atomic E-state index is 7.01. The molecule has 1 aromatic carbocycles. The minimum Gasteiger partial charge on any atom is -0.496 e. The zero-order chi connectivity index (χ0) is 20.5. The summed E-state index contributed by atoms with van der Waals surface area (Å²) in [5, 5.41) is 0.783. The summed E-state index contributed by atoms with van der Waals surface area (Å²) in [4.78, 5) is 0. The van der Waals surface area contributed by atoms with Gasteiger partial charge in [0.2, 0.25) is 0 Å². The molecule has 0 saturated heterocycles. The van der Waals surface area contributed by atoms with Crippen LogP contribution in [0.4, 0.5) is 0 Å². The van der Waals surface area contributed by atoms with E-state index in [0.717, 1.165) is 58.6 Å². The second-order valence-corrected chi connectivity index (χ2v) is 14.8. The van der Waals surface area contributed by atoms with E-state index in [2.05, 4.69) is 34.6 Å². The quantitative estimate of drug-likeness (QED) is 0.357. The zero-order valence-corrected chi connectivity index (χ0v) is 20.4. The Morgan fingerprint density at radius 3 is 2.25 bits per heavy atom. The molecule has 2 aliphatic rings. The number of fused-ring (bicyclic) bond motifs is 1. The Hall–Kier alpha value is -0.513. The predicted octanol–water partition coefficient (Wildman–Crippen LogP) is 7.87. The average molecular weight is 423 g/mol. The molecule has 0 amide bonds. The van der Waals surface area contributed by atoms with Crippen LogP contribution in [0, 0.1) is 23.2 Å². The SMILES string of the molecule is CC[Si](CC)(CC)OC(CCC1C[C@@H]2[C@H](C1)C2(C)C)c1c(Cl)cccc1OC. The number of benzene rings is 1. The standard InChI is InChI=1S/C24H39ClO2Si/c1-7-28(8-2,9-3)27-22(23-20(25)11-10-12-21(23)26-6)14-13-17-15-18-19(16-17)24(18,4)5/h10-12,17-19,22H,7-9,13-16H2,1-6H3/t17?,18-,19+,22?. The summed E-state index contributed by atoms with van der Waals surface area (Å²) in [7, 11) is -0.00159. The van der Waals surface area contributed by atoms with Crippen LogP contribution in [-0.4, -0.2) is 15.4 Å². The highest BCUT2D eigenvalue weighted by Gasteiger charge is 2.61. The van der Waals surface area contributed by atoms with Crippen molar-refractivity contribution in [3.8, 4) is 5.75 Å². The van der Waals surface area contributed by atoms with Crippen molar-refractivity contribution in [2.24, 2.45) is 23.2 Å². The topological polar surface area (TPSA) is 18.5 Å². The minimum atomic E-state index is -1.74. The van der Waals surface area contributed by atoms with Crippen LogP contribution in [0.3, 0.4) is 0 Å². The summed E-state index contributed by atoms with van der Waals surface area (Å²) in [5.41, 5.74) is 1.68. The number of ether oxygens (including phenoxy) is 1. The fraction of sp³-hybridized carbons (Fsp3) is 0.750. The van der Waals surface area contributed by atoms with Gasteiger partial charge in [-0.1, -0.05) is 52.3 Å². The van der Waals surface area contributed by atoms with Gasteiger partial charge in [0.05, 0.1) is 18.2 Å². The third-order valence-electron chi connectivity index (χ3n) is 8.18. The smallest absolute Gasteiger partial charge is 0.192 e. The summed E-state index contributed by atoms with van der Waals surface area (Å²) in [5.74, 6) is 3.65. The molecule has 0 bridgehead atoms. The molecular formula is C24H39ClO2Si. The summed E-state index contributed by atoms with van der Waals surface area (Å²) in [6.07, 6.45) is 5.16. The van der Waals surface area contributed by atoms with E-state index < -0.39 is 8.32 Å². The highest BCUT2D eigenvalue weighted by Crippen LogP contribution is 2.68. The second kappa shape index (κ2) is 8.69. The van der Waals surface area contributed by atoms with E-state index in [9.17, 15) is 0 Å². The normalized spacial score (nSPS) is 26.8. The third kappa shape index (κ3) is 4.18. The fourth-order valence-electron chi connectivity index (χ4n) is 5.80. The van der Waals surface area contributed by atoms with Gasteiger partial charge in [-0.05, 0) is 79.1 Å². The minimum absolute atomic E-state index is 0.0557. The Labute approximate surface area is 178 Å². The predicted molar refractivity (Wildman–Crippen MR) is 122 cm³/mol. The zero-order valence-electron chi connectivity index (χ0n) is 18.7. The third-order valence-corrected chi connectivity index (χ3v) is 13.2. The van der Waals surface area contributed by atoms with Gasteiger partial charge in [0.25, 0.3) is 0 Å². The Kier molecular flexibility index (Phi) is 6.89. The van der Waals surface area contributed by atoms with Gasteiger partial charge in [-0.2, -0.15) is 0 Å². The van der Waals surface area contributed by atoms with Gasteiger partial charge in [0.1, 0.15) is 5.75 Å². The molecule has 0 N–H and O–H groups in total. The van der Waals surface area contributed by atoms with E-state index in [-0.39, 0.29) is 6.10 Å². The van der Waals surface area contributed by atoms with Crippen LogP contribution >= 0.6 is 11.6 Å². The first-order valence-electron chi connectivity index (χ1n) is 11.3. The lowest BCUT2D eigenvalue weighted by molar-refractivity contribution is 0.162. The van der Waals surface area contributed by atoms with Crippen LogP contribution in [0.2, 0.25) is 23.2 Å². The average Bonchev–Trinajstić information content (AvgIpc) is 3.02. The number of hydrogen-bond donors (Lipinski definition) is 0. The molecule has 28 heavy (non-hydrogen) atoms. The molecule has 1 aromatic rings. The molecule has 2 aliphatic carbocycles. The first kappa shape index (κ1) is 22.2. The number of rotatable bonds is 10. The second-order valence-electron chi connectivity index (χ2n) is 9.66. The molecular weight excluding hydrogens is 384 g/mol. The van der Waals surface area contributed by atoms with Crippen molar-refractivity contribution < 1.29 is 9.16 Å². The Bertz CT molecular complexity index is 648. The van der Waals surface area contributed by atoms with Crippen molar-refractivity contribution in [3.63, 3.8) is 0 Å². The highest BCUT2D eigenvalue weighted by molar-refractivity contribution is 6.73. The maximum Gasteiger partial charge on any atom is 0.192 e. The van der Waals surface area contributed by atoms with Crippen molar-refractivity contribution in [3.05, 3.63) is 28.8 Å². The van der Waals surface area contributed by atoms with Gasteiger partial charge in [-0.25, -0.2) is 0 Å². The Morgan fingerprint density at radius 1 is 1.11 bits per heavy atom. The van der Waals surface area contributed by atoms with Gasteiger partial charge in [0, 0.05) is 5.56 Å². The van der Waals surface area contributed by atoms with Crippen LogP contribution in [-0.2, 0) is 4.43 Å². The largest absolute Gasteiger partial charge is 0.496 e. The van der Waals surface area contributed by atoms with Crippen LogP contribution in [0.5, 0.6) is 5.75 Å². The first-order valence-corrected chi connectivity index (χ1v) is 14.2. The maximum absolute atomic E-state index is 7.01. The molecule has 0 heterocycles. The van der Waals surface area contributed by atoms with E-state index in [4.69, 9.17) is 20.8 Å². The molecule has 0 radical (unpaired) electrons. The van der Waals surface area contributed by atoms with Gasteiger partial charge in [-0.15, -0.1) is 0 Å². The number of halogens is 1. The van der Waals surface area contributed by atoms with Crippen LogP contribution < -0.4 is 4.74 Å². The molecule has 3 rings (SSSR count). The van der Waals surface area contributed by atoms with Crippen molar-refractivity contribution in [2.45, 2.75) is 84.5 Å². The Morgan fingerprint density at radius 2 is 1.71 bits per heavy atom. The van der Waals surface area contributed by atoms with E-state index in [1.165, 1.54) is 19.3 Å². The van der Waals surface area contributed by atoms with Crippen molar-refractivity contribution in [2.75, 3.05) is 7.11 Å². The lowest BCUT2D eigenvalue weighted by Crippen LogP contribution is -2.37. The molecule has 0 aromatic heterocycles. The van der Waals surface area contributed by atoms with E-state index in [1.807, 2.05) is 18.2 Å². The molecule has 2 fully saturated rings. The molecule has 0 aliphatic heterocycles. The summed E-state index contributed by atoms with van der Waals surface area (Å²) >= 11 is 6.68. The highest BCUT2D eigenvalue weighted by atomic mass is 35.5. The van der Waals surface area contributed by atoms with E-state index in [0.29, 0.717) is 5.41 Å². The monoisotopic (exact) mass is 422 g/mol. The number of methoxy groups -OCH3 is 1. The van der Waals surface area contributed by atoms with Crippen molar-refractivity contribution >= 4 is 19.9 Å². The van der Waals surface area contributed by atoms with Gasteiger partial charge < -0.3 is 9.16 Å². The molecule has 0 spiro atoms. The van der Waals surface area contributed by atoms with Crippen LogP contribution in [0.15, 0.2) is 18.2 Å². The van der Waals surface area contributed by atoms with E-state index >= 15 is 0 Å². The van der Waals surface area contributed by atoms with Crippen LogP contribution in [0.1, 0.15) is 72.0 Å². The molecule has 2 unspecified atom stereocenters. The molecule has 2 nitrogen and oxygen atoms in total.